The highest BCUT2D eigenvalue weighted by Gasteiger charge is 1.89. The van der Waals surface area contributed by atoms with Crippen molar-refractivity contribution in [3.63, 3.8) is 0 Å². The van der Waals surface area contributed by atoms with E-state index in [1.54, 1.807) is 0 Å². The fourth-order valence-electron chi connectivity index (χ4n) is 0.829. The smallest absolute Gasteiger partial charge is 0.0403 e. The summed E-state index contributed by atoms with van der Waals surface area (Å²) in [4.78, 5) is 4.16. The van der Waals surface area contributed by atoms with E-state index in [0.29, 0.717) is 0 Å². The van der Waals surface area contributed by atoms with E-state index in [2.05, 4.69) is 4.98 Å². The first-order valence-corrected chi connectivity index (χ1v) is 3.53. The van der Waals surface area contributed by atoms with E-state index in [4.69, 9.17) is 6.92 Å². The Kier molecular flexibility index (Phi) is 2.94. The van der Waals surface area contributed by atoms with Crippen LogP contribution in [0.1, 0.15) is 18.5 Å². The summed E-state index contributed by atoms with van der Waals surface area (Å²) in [5.74, 6) is 0. The zero-order valence-corrected chi connectivity index (χ0v) is 5.96. The van der Waals surface area contributed by atoms with E-state index >= 15 is 0 Å². The molecular formula is C9H11N. The largest absolute Gasteiger partial charge is 0.261 e. The molecule has 52 valence electrons. The second kappa shape index (κ2) is 4.04. The molecule has 2 radical (unpaired) electrons. The molecule has 0 saturated carbocycles. The van der Waals surface area contributed by atoms with Crippen LogP contribution in [-0.4, -0.2) is 4.98 Å². The maximum Gasteiger partial charge on any atom is 0.0403 e. The molecule has 0 spiro atoms. The van der Waals surface area contributed by atoms with Crippen LogP contribution in [0.25, 0.3) is 0 Å². The van der Waals surface area contributed by atoms with Crippen molar-refractivity contribution in [1.29, 1.82) is 0 Å². The summed E-state index contributed by atoms with van der Waals surface area (Å²) in [5.41, 5.74) is 1.13. The Morgan fingerprint density at radius 3 is 2.90 bits per heavy atom. The SMILES string of the molecule is [CH]CCCc1ccccn1. The molecule has 0 aliphatic carbocycles. The molecule has 1 aromatic heterocycles. The Labute approximate surface area is 62.1 Å². The van der Waals surface area contributed by atoms with Gasteiger partial charge in [-0.15, -0.1) is 0 Å². The Hall–Kier alpha value is -0.850. The van der Waals surface area contributed by atoms with Gasteiger partial charge in [0.1, 0.15) is 0 Å². The van der Waals surface area contributed by atoms with Crippen LogP contribution in [0.5, 0.6) is 0 Å². The number of pyridine rings is 1. The molecule has 0 bridgehead atoms. The summed E-state index contributed by atoms with van der Waals surface area (Å²) >= 11 is 0. The van der Waals surface area contributed by atoms with Crippen LogP contribution in [0, 0.1) is 6.92 Å². The molecule has 0 aliphatic rings. The molecule has 10 heavy (non-hydrogen) atoms. The van der Waals surface area contributed by atoms with Crippen LogP contribution in [0.3, 0.4) is 0 Å². The number of hydrogen-bond acceptors (Lipinski definition) is 1. The Morgan fingerprint density at radius 2 is 2.30 bits per heavy atom. The van der Waals surface area contributed by atoms with E-state index in [9.17, 15) is 0 Å². The molecule has 0 amide bonds. The number of unbranched alkanes of at least 4 members (excludes halogenated alkanes) is 1. The highest BCUT2D eigenvalue weighted by molar-refractivity contribution is 5.03. The van der Waals surface area contributed by atoms with Crippen molar-refractivity contribution < 1.29 is 0 Å². The second-order valence-electron chi connectivity index (χ2n) is 2.21. The quantitative estimate of drug-likeness (QED) is 0.615. The monoisotopic (exact) mass is 133 g/mol. The first-order valence-electron chi connectivity index (χ1n) is 3.53. The third-order valence-corrected chi connectivity index (χ3v) is 1.36. The lowest BCUT2D eigenvalue weighted by atomic mass is 10.2. The van der Waals surface area contributed by atoms with Crippen molar-refractivity contribution in [3.05, 3.63) is 37.0 Å². The summed E-state index contributed by atoms with van der Waals surface area (Å²) < 4.78 is 0. The molecule has 1 nitrogen and oxygen atoms in total. The van der Waals surface area contributed by atoms with Crippen LogP contribution in [0.15, 0.2) is 24.4 Å². The van der Waals surface area contributed by atoms with Gasteiger partial charge in [0.2, 0.25) is 0 Å². The minimum Gasteiger partial charge on any atom is -0.261 e. The Morgan fingerprint density at radius 1 is 1.40 bits per heavy atom. The van der Waals surface area contributed by atoms with Crippen molar-refractivity contribution in [2.75, 3.05) is 0 Å². The molecule has 1 heterocycles. The van der Waals surface area contributed by atoms with Crippen molar-refractivity contribution >= 4 is 0 Å². The standard InChI is InChI=1S/C9H11N/c1-2-3-6-9-7-4-5-8-10-9/h1,4-5,7-8H,2-3,6H2. The van der Waals surface area contributed by atoms with Gasteiger partial charge < -0.3 is 0 Å². The summed E-state index contributed by atoms with van der Waals surface area (Å²) in [6.07, 6.45) is 4.58. The van der Waals surface area contributed by atoms with E-state index in [0.717, 1.165) is 25.0 Å². The molecule has 0 unspecified atom stereocenters. The lowest BCUT2D eigenvalue weighted by molar-refractivity contribution is 0.816. The van der Waals surface area contributed by atoms with Gasteiger partial charge in [0.25, 0.3) is 0 Å². The lowest BCUT2D eigenvalue weighted by Gasteiger charge is -1.95. The molecule has 1 heteroatoms. The van der Waals surface area contributed by atoms with Crippen LogP contribution in [0.4, 0.5) is 0 Å². The van der Waals surface area contributed by atoms with Gasteiger partial charge in [-0.25, -0.2) is 0 Å². The Bertz CT molecular complexity index is 169. The van der Waals surface area contributed by atoms with Crippen LogP contribution in [-0.2, 0) is 6.42 Å². The number of rotatable bonds is 3. The van der Waals surface area contributed by atoms with E-state index in [1.165, 1.54) is 0 Å². The van der Waals surface area contributed by atoms with Gasteiger partial charge in [0.15, 0.2) is 0 Å². The minimum atomic E-state index is 0.747. The predicted octanol–water partition coefficient (Wildman–Crippen LogP) is 2.12. The van der Waals surface area contributed by atoms with Crippen LogP contribution >= 0.6 is 0 Å². The summed E-state index contributed by atoms with van der Waals surface area (Å²) in [7, 11) is 0. The molecule has 0 N–H and O–H groups in total. The van der Waals surface area contributed by atoms with Gasteiger partial charge in [0.05, 0.1) is 0 Å². The van der Waals surface area contributed by atoms with Crippen molar-refractivity contribution in [1.82, 2.24) is 4.98 Å². The zero-order valence-electron chi connectivity index (χ0n) is 5.96. The van der Waals surface area contributed by atoms with Crippen molar-refractivity contribution in [3.8, 4) is 0 Å². The molecule has 0 aliphatic heterocycles. The fourth-order valence-corrected chi connectivity index (χ4v) is 0.829. The summed E-state index contributed by atoms with van der Waals surface area (Å²) in [6.45, 7) is 5.35. The number of aryl methyl sites for hydroxylation is 1. The molecule has 0 fully saturated rings. The average Bonchev–Trinajstić information content (AvgIpc) is 2.03. The molecule has 1 rings (SSSR count). The number of nitrogens with zero attached hydrogens (tertiary/aromatic N) is 1. The van der Waals surface area contributed by atoms with Crippen molar-refractivity contribution in [2.45, 2.75) is 19.3 Å². The van der Waals surface area contributed by atoms with Gasteiger partial charge in [-0.2, -0.15) is 0 Å². The average molecular weight is 133 g/mol. The summed E-state index contributed by atoms with van der Waals surface area (Å²) in [5, 5.41) is 0. The van der Waals surface area contributed by atoms with Crippen LogP contribution < -0.4 is 0 Å². The number of aromatic nitrogens is 1. The first-order chi connectivity index (χ1) is 4.93. The molecule has 0 aromatic carbocycles. The maximum atomic E-state index is 5.35. The predicted molar refractivity (Wildman–Crippen MR) is 41.5 cm³/mol. The van der Waals surface area contributed by atoms with Crippen LogP contribution in [0.2, 0.25) is 0 Å². The van der Waals surface area contributed by atoms with Gasteiger partial charge in [-0.05, 0) is 38.3 Å². The van der Waals surface area contributed by atoms with E-state index < -0.39 is 0 Å². The maximum absolute atomic E-state index is 5.35. The first kappa shape index (κ1) is 7.26. The van der Waals surface area contributed by atoms with Gasteiger partial charge in [0, 0.05) is 11.9 Å². The summed E-state index contributed by atoms with van der Waals surface area (Å²) in [6, 6.07) is 5.94. The Balaban J connectivity index is 2.43. The molecule has 0 atom stereocenters. The zero-order chi connectivity index (χ0) is 7.23. The topological polar surface area (TPSA) is 12.9 Å². The van der Waals surface area contributed by atoms with Gasteiger partial charge >= 0.3 is 0 Å². The third-order valence-electron chi connectivity index (χ3n) is 1.36. The molecule has 1 aromatic rings. The molecular weight excluding hydrogens is 122 g/mol. The minimum absolute atomic E-state index is 0.747. The van der Waals surface area contributed by atoms with E-state index in [-0.39, 0.29) is 0 Å². The number of hydrogen-bond donors (Lipinski definition) is 0. The molecule has 0 saturated heterocycles. The van der Waals surface area contributed by atoms with E-state index in [1.807, 2.05) is 24.4 Å². The van der Waals surface area contributed by atoms with Gasteiger partial charge in [-0.1, -0.05) is 6.07 Å². The fraction of sp³-hybridized carbons (Fsp3) is 0.333. The second-order valence-corrected chi connectivity index (χ2v) is 2.21. The van der Waals surface area contributed by atoms with Gasteiger partial charge in [-0.3, -0.25) is 4.98 Å². The third kappa shape index (κ3) is 2.18. The lowest BCUT2D eigenvalue weighted by Crippen LogP contribution is -1.86. The van der Waals surface area contributed by atoms with Crippen molar-refractivity contribution in [2.24, 2.45) is 0 Å². The normalized spacial score (nSPS) is 9.70. The highest BCUT2D eigenvalue weighted by Crippen LogP contribution is 1.99. The highest BCUT2D eigenvalue weighted by atomic mass is 14.7.